The monoisotopic (exact) mass is 226 g/mol. The van der Waals surface area contributed by atoms with E-state index < -0.39 is 0 Å². The molecule has 2 rings (SSSR count). The lowest BCUT2D eigenvalue weighted by molar-refractivity contribution is 0.627. The number of nitrogens with zero attached hydrogens (tertiary/aromatic N) is 2. The highest BCUT2D eigenvalue weighted by Crippen LogP contribution is 2.18. The standard InChI is InChI=1S/C14H11FN2/c1-17-7-3-6-14(17)9-12(10-16)11-4-2-5-13(15)8-11/h2-9H,1H3. The second-order valence-corrected chi connectivity index (χ2v) is 3.72. The van der Waals surface area contributed by atoms with Crippen molar-refractivity contribution in [2.24, 2.45) is 7.05 Å². The summed E-state index contributed by atoms with van der Waals surface area (Å²) in [5, 5.41) is 9.11. The zero-order valence-electron chi connectivity index (χ0n) is 9.39. The Kier molecular flexibility index (Phi) is 3.06. The molecule has 17 heavy (non-hydrogen) atoms. The highest BCUT2D eigenvalue weighted by atomic mass is 19.1. The minimum absolute atomic E-state index is 0.337. The molecule has 0 spiro atoms. The lowest BCUT2D eigenvalue weighted by Gasteiger charge is -2.01. The Balaban J connectivity index is 2.45. The molecule has 3 heteroatoms. The van der Waals surface area contributed by atoms with Crippen molar-refractivity contribution in [1.82, 2.24) is 4.57 Å². The predicted octanol–water partition coefficient (Wildman–Crippen LogP) is 3.23. The molecule has 84 valence electrons. The molecule has 0 N–H and O–H groups in total. The van der Waals surface area contributed by atoms with Gasteiger partial charge in [-0.05, 0) is 35.9 Å². The van der Waals surface area contributed by atoms with Crippen molar-refractivity contribution in [1.29, 1.82) is 5.26 Å². The first-order valence-electron chi connectivity index (χ1n) is 5.20. The molecule has 1 heterocycles. The van der Waals surface area contributed by atoms with Gasteiger partial charge in [0.1, 0.15) is 5.82 Å². The van der Waals surface area contributed by atoms with E-state index >= 15 is 0 Å². The number of allylic oxidation sites excluding steroid dienone is 1. The highest BCUT2D eigenvalue weighted by Gasteiger charge is 2.03. The smallest absolute Gasteiger partial charge is 0.123 e. The van der Waals surface area contributed by atoms with E-state index in [4.69, 9.17) is 5.26 Å². The summed E-state index contributed by atoms with van der Waals surface area (Å²) in [6, 6.07) is 11.9. The number of rotatable bonds is 2. The average Bonchev–Trinajstić information content (AvgIpc) is 2.71. The Morgan fingerprint density at radius 3 is 2.76 bits per heavy atom. The van der Waals surface area contributed by atoms with Crippen molar-refractivity contribution >= 4 is 11.6 Å². The second kappa shape index (κ2) is 4.67. The van der Waals surface area contributed by atoms with Gasteiger partial charge in [-0.15, -0.1) is 0 Å². The first kappa shape index (κ1) is 11.2. The van der Waals surface area contributed by atoms with E-state index in [1.807, 2.05) is 29.9 Å². The van der Waals surface area contributed by atoms with Crippen molar-refractivity contribution in [2.75, 3.05) is 0 Å². The van der Waals surface area contributed by atoms with Crippen LogP contribution in [0.3, 0.4) is 0 Å². The number of nitriles is 1. The number of benzene rings is 1. The maximum absolute atomic E-state index is 13.1. The van der Waals surface area contributed by atoms with E-state index in [0.717, 1.165) is 5.69 Å². The molecule has 0 saturated carbocycles. The molecule has 0 amide bonds. The molecule has 0 fully saturated rings. The highest BCUT2D eigenvalue weighted by molar-refractivity contribution is 5.89. The summed E-state index contributed by atoms with van der Waals surface area (Å²) in [6.07, 6.45) is 3.64. The average molecular weight is 226 g/mol. The van der Waals surface area contributed by atoms with E-state index in [1.165, 1.54) is 12.1 Å². The molecule has 0 aliphatic rings. The topological polar surface area (TPSA) is 28.7 Å². The predicted molar refractivity (Wildman–Crippen MR) is 65.3 cm³/mol. The molecular formula is C14H11FN2. The van der Waals surface area contributed by atoms with Crippen LogP contribution in [0, 0.1) is 17.1 Å². The van der Waals surface area contributed by atoms with Gasteiger partial charge in [-0.25, -0.2) is 4.39 Å². The quantitative estimate of drug-likeness (QED) is 0.723. The van der Waals surface area contributed by atoms with Crippen molar-refractivity contribution in [2.45, 2.75) is 0 Å². The van der Waals surface area contributed by atoms with Gasteiger partial charge in [0.05, 0.1) is 11.6 Å². The fourth-order valence-electron chi connectivity index (χ4n) is 1.61. The minimum atomic E-state index is -0.337. The van der Waals surface area contributed by atoms with E-state index in [9.17, 15) is 4.39 Å². The fourth-order valence-corrected chi connectivity index (χ4v) is 1.61. The molecule has 0 saturated heterocycles. The van der Waals surface area contributed by atoms with Crippen LogP contribution in [0.4, 0.5) is 4.39 Å². The number of halogens is 1. The van der Waals surface area contributed by atoms with Crippen LogP contribution >= 0.6 is 0 Å². The van der Waals surface area contributed by atoms with E-state index in [1.54, 1.807) is 18.2 Å². The molecule has 2 nitrogen and oxygen atoms in total. The minimum Gasteiger partial charge on any atom is -0.351 e. The van der Waals surface area contributed by atoms with Crippen LogP contribution in [0.2, 0.25) is 0 Å². The normalized spacial score (nSPS) is 11.2. The van der Waals surface area contributed by atoms with Gasteiger partial charge < -0.3 is 4.57 Å². The lowest BCUT2D eigenvalue weighted by atomic mass is 10.1. The van der Waals surface area contributed by atoms with Gasteiger partial charge in [-0.2, -0.15) is 5.26 Å². The summed E-state index contributed by atoms with van der Waals surface area (Å²) in [5.74, 6) is -0.337. The number of hydrogen-bond donors (Lipinski definition) is 0. The van der Waals surface area contributed by atoms with Crippen LogP contribution in [0.15, 0.2) is 42.6 Å². The number of aryl methyl sites for hydroxylation is 1. The molecule has 0 aliphatic heterocycles. The molecule has 2 aromatic rings. The molecule has 1 aromatic heterocycles. The van der Waals surface area contributed by atoms with Gasteiger partial charge in [0, 0.05) is 18.9 Å². The Morgan fingerprint density at radius 1 is 1.35 bits per heavy atom. The van der Waals surface area contributed by atoms with Crippen LogP contribution in [0.5, 0.6) is 0 Å². The van der Waals surface area contributed by atoms with Crippen LogP contribution in [0.25, 0.3) is 11.6 Å². The summed E-state index contributed by atoms with van der Waals surface area (Å²) in [4.78, 5) is 0. The van der Waals surface area contributed by atoms with Crippen LogP contribution < -0.4 is 0 Å². The second-order valence-electron chi connectivity index (χ2n) is 3.72. The zero-order valence-corrected chi connectivity index (χ0v) is 9.39. The van der Waals surface area contributed by atoms with Gasteiger partial charge in [0.2, 0.25) is 0 Å². The largest absolute Gasteiger partial charge is 0.351 e. The van der Waals surface area contributed by atoms with Crippen molar-refractivity contribution in [3.05, 3.63) is 59.7 Å². The third-order valence-corrected chi connectivity index (χ3v) is 2.53. The summed E-state index contributed by atoms with van der Waals surface area (Å²) < 4.78 is 15.0. The molecule has 1 aromatic carbocycles. The molecular weight excluding hydrogens is 215 g/mol. The van der Waals surface area contributed by atoms with Crippen molar-refractivity contribution in [3.8, 4) is 6.07 Å². The number of aromatic nitrogens is 1. The third kappa shape index (κ3) is 2.43. The number of hydrogen-bond acceptors (Lipinski definition) is 1. The molecule has 0 atom stereocenters. The summed E-state index contributed by atoms with van der Waals surface area (Å²) in [7, 11) is 1.90. The Hall–Kier alpha value is -2.34. The lowest BCUT2D eigenvalue weighted by Crippen LogP contribution is -1.89. The maximum Gasteiger partial charge on any atom is 0.123 e. The van der Waals surface area contributed by atoms with Crippen LogP contribution in [0.1, 0.15) is 11.3 Å². The first-order valence-corrected chi connectivity index (χ1v) is 5.20. The van der Waals surface area contributed by atoms with E-state index in [0.29, 0.717) is 11.1 Å². The summed E-state index contributed by atoms with van der Waals surface area (Å²) >= 11 is 0. The molecule has 0 unspecified atom stereocenters. The van der Waals surface area contributed by atoms with Crippen molar-refractivity contribution < 1.29 is 4.39 Å². The zero-order chi connectivity index (χ0) is 12.3. The first-order chi connectivity index (χ1) is 8.20. The van der Waals surface area contributed by atoms with Gasteiger partial charge >= 0.3 is 0 Å². The van der Waals surface area contributed by atoms with Gasteiger partial charge in [0.15, 0.2) is 0 Å². The fraction of sp³-hybridized carbons (Fsp3) is 0.0714. The van der Waals surface area contributed by atoms with Crippen molar-refractivity contribution in [3.63, 3.8) is 0 Å². The van der Waals surface area contributed by atoms with E-state index in [-0.39, 0.29) is 5.82 Å². The van der Waals surface area contributed by atoms with Gasteiger partial charge in [-0.3, -0.25) is 0 Å². The van der Waals surface area contributed by atoms with Crippen LogP contribution in [-0.4, -0.2) is 4.57 Å². The SMILES string of the molecule is Cn1cccc1C=C(C#N)c1cccc(F)c1. The van der Waals surface area contributed by atoms with Crippen LogP contribution in [-0.2, 0) is 7.05 Å². The van der Waals surface area contributed by atoms with E-state index in [2.05, 4.69) is 6.07 Å². The molecule has 0 radical (unpaired) electrons. The van der Waals surface area contributed by atoms with Gasteiger partial charge in [-0.1, -0.05) is 12.1 Å². The third-order valence-electron chi connectivity index (χ3n) is 2.53. The summed E-state index contributed by atoms with van der Waals surface area (Å²) in [5.41, 5.74) is 1.95. The Bertz CT molecular complexity index is 603. The summed E-state index contributed by atoms with van der Waals surface area (Å²) in [6.45, 7) is 0. The Morgan fingerprint density at radius 2 is 2.18 bits per heavy atom. The van der Waals surface area contributed by atoms with Gasteiger partial charge in [0.25, 0.3) is 0 Å². The molecule has 0 aliphatic carbocycles. The maximum atomic E-state index is 13.1. The Labute approximate surface area is 99.2 Å². The molecule has 0 bridgehead atoms.